The largest absolute Gasteiger partial charge is 0.316 e. The van der Waals surface area contributed by atoms with Gasteiger partial charge in [0.25, 0.3) is 0 Å². The zero-order valence-electron chi connectivity index (χ0n) is 11.7. The molecule has 0 saturated carbocycles. The molecule has 0 spiro atoms. The summed E-state index contributed by atoms with van der Waals surface area (Å²) in [6.07, 6.45) is 1.92. The van der Waals surface area contributed by atoms with Crippen molar-refractivity contribution in [2.45, 2.75) is 29.8 Å². The first kappa shape index (κ1) is 16.8. The molecule has 3 heterocycles. The van der Waals surface area contributed by atoms with E-state index in [0.717, 1.165) is 25.9 Å². The van der Waals surface area contributed by atoms with Crippen molar-refractivity contribution in [1.29, 1.82) is 0 Å². The third-order valence-electron chi connectivity index (χ3n) is 5.12. The van der Waals surface area contributed by atoms with Gasteiger partial charge in [-0.25, -0.2) is 8.42 Å². The van der Waals surface area contributed by atoms with E-state index in [2.05, 4.69) is 5.32 Å². The van der Waals surface area contributed by atoms with Gasteiger partial charge in [-0.2, -0.15) is 4.31 Å². The lowest BCUT2D eigenvalue weighted by molar-refractivity contribution is 0.354. The van der Waals surface area contributed by atoms with Crippen molar-refractivity contribution in [2.75, 3.05) is 13.1 Å². The van der Waals surface area contributed by atoms with Gasteiger partial charge in [-0.3, -0.25) is 0 Å². The zero-order valence-corrected chi connectivity index (χ0v) is 14.9. The van der Waals surface area contributed by atoms with Gasteiger partial charge in [-0.1, -0.05) is 23.2 Å². The molecule has 0 amide bonds. The average Bonchev–Trinajstić information content (AvgIpc) is 3.09. The minimum Gasteiger partial charge on any atom is -0.316 e. The number of nitrogens with one attached hydrogen (secondary N) is 1. The van der Waals surface area contributed by atoms with Crippen molar-refractivity contribution < 1.29 is 8.42 Å². The highest BCUT2D eigenvalue weighted by Gasteiger charge is 2.58. The lowest BCUT2D eigenvalue weighted by Crippen LogP contribution is -2.39. The van der Waals surface area contributed by atoms with E-state index in [0.29, 0.717) is 21.9 Å². The maximum absolute atomic E-state index is 13.0. The van der Waals surface area contributed by atoms with E-state index in [-0.39, 0.29) is 29.4 Å². The van der Waals surface area contributed by atoms with Crippen LogP contribution >= 0.6 is 35.6 Å². The summed E-state index contributed by atoms with van der Waals surface area (Å²) in [4.78, 5) is 0.213. The summed E-state index contributed by atoms with van der Waals surface area (Å²) in [6.45, 7) is 1.85. The first-order valence-corrected chi connectivity index (χ1v) is 9.38. The average molecular weight is 384 g/mol. The van der Waals surface area contributed by atoms with E-state index in [4.69, 9.17) is 23.2 Å². The molecule has 4 nitrogen and oxygen atoms in total. The number of benzene rings is 1. The number of sulfonamides is 1. The van der Waals surface area contributed by atoms with Crippen LogP contribution in [0, 0.1) is 11.8 Å². The van der Waals surface area contributed by atoms with Crippen LogP contribution in [0.3, 0.4) is 0 Å². The molecule has 1 N–H and O–H groups in total. The summed E-state index contributed by atoms with van der Waals surface area (Å²) >= 11 is 11.9. The number of hydrogen-bond donors (Lipinski definition) is 1. The molecule has 0 unspecified atom stereocenters. The molecule has 4 atom stereocenters. The summed E-state index contributed by atoms with van der Waals surface area (Å²) in [6, 6.07) is 4.79. The SMILES string of the molecule is Cl.O=S(=O)(c1cc(Cl)cc(Cl)c1)N1[C@@H]2CC[C@H]1[C@H]1CNC[C@H]12. The van der Waals surface area contributed by atoms with Crippen LogP contribution < -0.4 is 5.32 Å². The van der Waals surface area contributed by atoms with E-state index in [1.165, 1.54) is 12.1 Å². The molecular weight excluding hydrogens is 367 g/mol. The van der Waals surface area contributed by atoms with E-state index >= 15 is 0 Å². The minimum atomic E-state index is -3.52. The molecule has 1 aromatic carbocycles. The fourth-order valence-electron chi connectivity index (χ4n) is 4.37. The summed E-state index contributed by atoms with van der Waals surface area (Å²) in [5.74, 6) is 0.904. The Morgan fingerprint density at radius 1 is 1.00 bits per heavy atom. The molecule has 22 heavy (non-hydrogen) atoms. The molecule has 3 aliphatic heterocycles. The fraction of sp³-hybridized carbons (Fsp3) is 0.571. The Bertz CT molecular complexity index is 659. The van der Waals surface area contributed by atoms with Crippen LogP contribution in [-0.2, 0) is 10.0 Å². The first-order valence-electron chi connectivity index (χ1n) is 7.19. The molecule has 0 aliphatic carbocycles. The number of fused-ring (bicyclic) bond motifs is 5. The molecular formula is C14H17Cl3N2O2S. The van der Waals surface area contributed by atoms with E-state index < -0.39 is 10.0 Å². The molecule has 122 valence electrons. The molecule has 8 heteroatoms. The summed E-state index contributed by atoms with van der Waals surface area (Å²) < 4.78 is 27.8. The fourth-order valence-corrected chi connectivity index (χ4v) is 7.05. The highest BCUT2D eigenvalue weighted by Crippen LogP contribution is 2.49. The van der Waals surface area contributed by atoms with Crippen LogP contribution in [0.1, 0.15) is 12.8 Å². The molecule has 4 rings (SSSR count). The van der Waals surface area contributed by atoms with Gasteiger partial charge < -0.3 is 5.32 Å². The van der Waals surface area contributed by atoms with Gasteiger partial charge in [0.2, 0.25) is 10.0 Å². The zero-order chi connectivity index (χ0) is 14.8. The van der Waals surface area contributed by atoms with E-state index in [9.17, 15) is 8.42 Å². The Kier molecular flexibility index (Phi) is 4.43. The second kappa shape index (κ2) is 5.80. The number of hydrogen-bond acceptors (Lipinski definition) is 3. The van der Waals surface area contributed by atoms with Crippen molar-refractivity contribution in [3.8, 4) is 0 Å². The van der Waals surface area contributed by atoms with E-state index in [1.807, 2.05) is 0 Å². The monoisotopic (exact) mass is 382 g/mol. The molecule has 0 radical (unpaired) electrons. The van der Waals surface area contributed by atoms with Gasteiger partial charge >= 0.3 is 0 Å². The standard InChI is InChI=1S/C14H16Cl2N2O2S.ClH/c15-8-3-9(16)5-10(4-8)21(19,20)18-13-1-2-14(18)12-7-17-6-11(12)13;/h3-5,11-14,17H,1-2,6-7H2;1H/t11-,12+,13-,14+;. The molecule has 3 fully saturated rings. The first-order chi connectivity index (χ1) is 9.98. The van der Waals surface area contributed by atoms with Gasteiger partial charge in [0.1, 0.15) is 0 Å². The van der Waals surface area contributed by atoms with Crippen molar-refractivity contribution in [2.24, 2.45) is 11.8 Å². The number of rotatable bonds is 2. The van der Waals surface area contributed by atoms with Gasteiger partial charge in [-0.15, -0.1) is 12.4 Å². The van der Waals surface area contributed by atoms with Crippen molar-refractivity contribution in [3.63, 3.8) is 0 Å². The maximum atomic E-state index is 13.0. The van der Waals surface area contributed by atoms with Crippen LogP contribution in [0.4, 0.5) is 0 Å². The maximum Gasteiger partial charge on any atom is 0.243 e. The van der Waals surface area contributed by atoms with Gasteiger partial charge in [-0.05, 0) is 56.0 Å². The third-order valence-corrected chi connectivity index (χ3v) is 7.49. The second-order valence-electron chi connectivity index (χ2n) is 6.14. The Balaban J connectivity index is 0.00000144. The summed E-state index contributed by atoms with van der Waals surface area (Å²) in [5, 5.41) is 4.10. The molecule has 1 aromatic rings. The number of halogens is 3. The minimum absolute atomic E-state index is 0. The predicted octanol–water partition coefficient (Wildman–Crippen LogP) is 2.79. The van der Waals surface area contributed by atoms with Crippen LogP contribution in [-0.4, -0.2) is 37.9 Å². The lowest BCUT2D eigenvalue weighted by atomic mass is 9.82. The molecule has 2 bridgehead atoms. The van der Waals surface area contributed by atoms with Crippen LogP contribution in [0.5, 0.6) is 0 Å². The normalized spacial score (nSPS) is 33.7. The van der Waals surface area contributed by atoms with Crippen molar-refractivity contribution in [3.05, 3.63) is 28.2 Å². The van der Waals surface area contributed by atoms with Gasteiger partial charge in [0.15, 0.2) is 0 Å². The molecule has 0 aromatic heterocycles. The molecule has 3 aliphatic rings. The predicted molar refractivity (Wildman–Crippen MR) is 89.4 cm³/mol. The quantitative estimate of drug-likeness (QED) is 0.854. The molecule has 3 saturated heterocycles. The highest BCUT2D eigenvalue weighted by atomic mass is 35.5. The van der Waals surface area contributed by atoms with Gasteiger partial charge in [0, 0.05) is 22.1 Å². The Labute approximate surface area is 146 Å². The smallest absolute Gasteiger partial charge is 0.243 e. The Morgan fingerprint density at radius 3 is 2.00 bits per heavy atom. The Hall–Kier alpha value is -0.0400. The van der Waals surface area contributed by atoms with E-state index in [1.54, 1.807) is 10.4 Å². The topological polar surface area (TPSA) is 49.4 Å². The number of nitrogens with zero attached hydrogens (tertiary/aromatic N) is 1. The lowest BCUT2D eigenvalue weighted by Gasteiger charge is -2.24. The summed E-state index contributed by atoms with van der Waals surface area (Å²) in [5.41, 5.74) is 0. The van der Waals surface area contributed by atoms with Crippen LogP contribution in [0.2, 0.25) is 10.0 Å². The summed E-state index contributed by atoms with van der Waals surface area (Å²) in [7, 11) is -3.52. The van der Waals surface area contributed by atoms with Gasteiger partial charge in [0.05, 0.1) is 4.90 Å². The van der Waals surface area contributed by atoms with Crippen LogP contribution in [0.25, 0.3) is 0 Å². The Morgan fingerprint density at radius 2 is 1.50 bits per heavy atom. The third kappa shape index (κ3) is 2.38. The van der Waals surface area contributed by atoms with Crippen LogP contribution in [0.15, 0.2) is 23.1 Å². The second-order valence-corrected chi connectivity index (χ2v) is 8.85. The van der Waals surface area contributed by atoms with Crippen molar-refractivity contribution >= 4 is 45.6 Å². The highest BCUT2D eigenvalue weighted by molar-refractivity contribution is 7.89. The van der Waals surface area contributed by atoms with Crippen molar-refractivity contribution in [1.82, 2.24) is 9.62 Å².